The standard InChI is InChI=1S/C14H17N3O2/c1-2-7-19-12-5-3-10(4-6-12)14-16-11(9-15)8-13(18)17-14/h3-6,8H,2,7,9,15H2,1H3,(H,16,17,18). The van der Waals surface area contributed by atoms with Crippen LogP contribution in [0.5, 0.6) is 5.75 Å². The van der Waals surface area contributed by atoms with Crippen molar-refractivity contribution in [2.45, 2.75) is 19.9 Å². The van der Waals surface area contributed by atoms with E-state index in [4.69, 9.17) is 10.5 Å². The van der Waals surface area contributed by atoms with Crippen molar-refractivity contribution in [1.82, 2.24) is 9.97 Å². The van der Waals surface area contributed by atoms with Gasteiger partial charge < -0.3 is 15.5 Å². The van der Waals surface area contributed by atoms with Crippen LogP contribution in [0.25, 0.3) is 11.4 Å². The highest BCUT2D eigenvalue weighted by molar-refractivity contribution is 5.56. The number of hydrogen-bond donors (Lipinski definition) is 2. The Morgan fingerprint density at radius 2 is 2.05 bits per heavy atom. The van der Waals surface area contributed by atoms with E-state index in [0.717, 1.165) is 17.7 Å². The number of aromatic amines is 1. The fourth-order valence-electron chi connectivity index (χ4n) is 1.68. The van der Waals surface area contributed by atoms with E-state index in [0.29, 0.717) is 18.1 Å². The fraction of sp³-hybridized carbons (Fsp3) is 0.286. The summed E-state index contributed by atoms with van der Waals surface area (Å²) in [6.45, 7) is 2.99. The van der Waals surface area contributed by atoms with Gasteiger partial charge in [-0.25, -0.2) is 4.98 Å². The lowest BCUT2D eigenvalue weighted by Gasteiger charge is -2.06. The van der Waals surface area contributed by atoms with Crippen molar-refractivity contribution >= 4 is 0 Å². The first-order valence-electron chi connectivity index (χ1n) is 6.26. The van der Waals surface area contributed by atoms with Gasteiger partial charge in [-0.05, 0) is 30.7 Å². The highest BCUT2D eigenvalue weighted by Crippen LogP contribution is 2.18. The van der Waals surface area contributed by atoms with Gasteiger partial charge in [0.25, 0.3) is 5.56 Å². The minimum Gasteiger partial charge on any atom is -0.494 e. The number of rotatable bonds is 5. The number of nitrogens with zero attached hydrogens (tertiary/aromatic N) is 1. The van der Waals surface area contributed by atoms with Gasteiger partial charge in [0.15, 0.2) is 0 Å². The molecule has 1 heterocycles. The van der Waals surface area contributed by atoms with E-state index >= 15 is 0 Å². The minimum atomic E-state index is -0.197. The zero-order chi connectivity index (χ0) is 13.7. The van der Waals surface area contributed by atoms with E-state index < -0.39 is 0 Å². The Morgan fingerprint density at radius 3 is 2.68 bits per heavy atom. The summed E-state index contributed by atoms with van der Waals surface area (Å²) in [5, 5.41) is 0. The highest BCUT2D eigenvalue weighted by Gasteiger charge is 2.03. The molecule has 5 nitrogen and oxygen atoms in total. The summed E-state index contributed by atoms with van der Waals surface area (Å²) in [6.07, 6.45) is 0.967. The van der Waals surface area contributed by atoms with Crippen molar-refractivity contribution in [3.63, 3.8) is 0 Å². The second kappa shape index (κ2) is 6.15. The van der Waals surface area contributed by atoms with E-state index in [1.165, 1.54) is 6.07 Å². The van der Waals surface area contributed by atoms with Crippen molar-refractivity contribution in [2.75, 3.05) is 6.61 Å². The van der Waals surface area contributed by atoms with Crippen molar-refractivity contribution in [3.05, 3.63) is 46.4 Å². The molecular formula is C14H17N3O2. The average Bonchev–Trinajstić information content (AvgIpc) is 2.45. The second-order valence-electron chi connectivity index (χ2n) is 4.16. The van der Waals surface area contributed by atoms with Crippen LogP contribution in [0.1, 0.15) is 19.0 Å². The Bertz CT molecular complexity index is 590. The van der Waals surface area contributed by atoms with Crippen LogP contribution in [-0.4, -0.2) is 16.6 Å². The normalized spacial score (nSPS) is 10.4. The molecule has 5 heteroatoms. The van der Waals surface area contributed by atoms with E-state index in [-0.39, 0.29) is 12.1 Å². The topological polar surface area (TPSA) is 81.0 Å². The van der Waals surface area contributed by atoms with Crippen molar-refractivity contribution in [1.29, 1.82) is 0 Å². The number of benzene rings is 1. The summed E-state index contributed by atoms with van der Waals surface area (Å²) in [5.74, 6) is 1.33. The third-order valence-corrected chi connectivity index (χ3v) is 2.60. The summed E-state index contributed by atoms with van der Waals surface area (Å²) in [4.78, 5) is 18.5. The van der Waals surface area contributed by atoms with E-state index in [1.54, 1.807) is 0 Å². The molecule has 0 aliphatic heterocycles. The van der Waals surface area contributed by atoms with Crippen LogP contribution in [0.4, 0.5) is 0 Å². The lowest BCUT2D eigenvalue weighted by Crippen LogP contribution is -2.12. The van der Waals surface area contributed by atoms with Gasteiger partial charge in [0.1, 0.15) is 11.6 Å². The predicted octanol–water partition coefficient (Wildman–Crippen LogP) is 1.68. The van der Waals surface area contributed by atoms with Crippen LogP contribution in [0, 0.1) is 0 Å². The van der Waals surface area contributed by atoms with Crippen LogP contribution in [0.15, 0.2) is 35.1 Å². The molecule has 0 aliphatic carbocycles. The molecule has 0 radical (unpaired) electrons. The minimum absolute atomic E-state index is 0.197. The van der Waals surface area contributed by atoms with Crippen LogP contribution >= 0.6 is 0 Å². The highest BCUT2D eigenvalue weighted by atomic mass is 16.5. The van der Waals surface area contributed by atoms with Crippen LogP contribution in [-0.2, 0) is 6.54 Å². The number of hydrogen-bond acceptors (Lipinski definition) is 4. The van der Waals surface area contributed by atoms with E-state index in [2.05, 4.69) is 16.9 Å². The number of aromatic nitrogens is 2. The SMILES string of the molecule is CCCOc1ccc(-c2nc(CN)cc(=O)[nH]2)cc1. The molecule has 3 N–H and O–H groups in total. The summed E-state index contributed by atoms with van der Waals surface area (Å²) in [5.41, 5.74) is 6.72. The second-order valence-corrected chi connectivity index (χ2v) is 4.16. The molecule has 2 aromatic rings. The Kier molecular flexibility index (Phi) is 4.30. The van der Waals surface area contributed by atoms with Crippen LogP contribution < -0.4 is 16.0 Å². The molecular weight excluding hydrogens is 242 g/mol. The quantitative estimate of drug-likeness (QED) is 0.856. The Hall–Kier alpha value is -2.14. The number of ether oxygens (including phenoxy) is 1. The molecule has 2 rings (SSSR count). The van der Waals surface area contributed by atoms with Gasteiger partial charge in [-0.1, -0.05) is 6.92 Å². The summed E-state index contributed by atoms with van der Waals surface area (Å²) >= 11 is 0. The molecule has 0 atom stereocenters. The van der Waals surface area contributed by atoms with E-state index in [1.807, 2.05) is 24.3 Å². The first-order chi connectivity index (χ1) is 9.22. The molecule has 19 heavy (non-hydrogen) atoms. The van der Waals surface area contributed by atoms with Crippen LogP contribution in [0.2, 0.25) is 0 Å². The molecule has 0 fully saturated rings. The Balaban J connectivity index is 2.26. The van der Waals surface area contributed by atoms with Crippen molar-refractivity contribution in [2.24, 2.45) is 5.73 Å². The molecule has 1 aromatic heterocycles. The average molecular weight is 259 g/mol. The van der Waals surface area contributed by atoms with Gasteiger partial charge >= 0.3 is 0 Å². The zero-order valence-corrected chi connectivity index (χ0v) is 10.8. The molecule has 0 bridgehead atoms. The molecule has 0 saturated heterocycles. The number of nitrogens with one attached hydrogen (secondary N) is 1. The maximum Gasteiger partial charge on any atom is 0.251 e. The summed E-state index contributed by atoms with van der Waals surface area (Å²) in [6, 6.07) is 8.86. The molecule has 0 amide bonds. The number of H-pyrrole nitrogens is 1. The maximum atomic E-state index is 11.5. The van der Waals surface area contributed by atoms with Gasteiger partial charge in [-0.15, -0.1) is 0 Å². The third kappa shape index (κ3) is 3.42. The smallest absolute Gasteiger partial charge is 0.251 e. The largest absolute Gasteiger partial charge is 0.494 e. The maximum absolute atomic E-state index is 11.5. The predicted molar refractivity (Wildman–Crippen MR) is 74.0 cm³/mol. The van der Waals surface area contributed by atoms with Gasteiger partial charge in [-0.2, -0.15) is 0 Å². The lowest BCUT2D eigenvalue weighted by molar-refractivity contribution is 0.317. The lowest BCUT2D eigenvalue weighted by atomic mass is 10.2. The molecule has 0 spiro atoms. The molecule has 1 aromatic carbocycles. The van der Waals surface area contributed by atoms with Gasteiger partial charge in [-0.3, -0.25) is 4.79 Å². The van der Waals surface area contributed by atoms with Gasteiger partial charge in [0.05, 0.1) is 12.3 Å². The summed E-state index contributed by atoms with van der Waals surface area (Å²) < 4.78 is 5.50. The fourth-order valence-corrected chi connectivity index (χ4v) is 1.68. The molecule has 0 aliphatic rings. The Morgan fingerprint density at radius 1 is 1.32 bits per heavy atom. The van der Waals surface area contributed by atoms with Crippen molar-refractivity contribution in [3.8, 4) is 17.1 Å². The van der Waals surface area contributed by atoms with Gasteiger partial charge in [0.2, 0.25) is 0 Å². The van der Waals surface area contributed by atoms with Crippen LogP contribution in [0.3, 0.4) is 0 Å². The molecule has 0 saturated carbocycles. The zero-order valence-electron chi connectivity index (χ0n) is 10.8. The number of nitrogens with two attached hydrogens (primary N) is 1. The first kappa shape index (κ1) is 13.3. The summed E-state index contributed by atoms with van der Waals surface area (Å²) in [7, 11) is 0. The third-order valence-electron chi connectivity index (χ3n) is 2.60. The van der Waals surface area contributed by atoms with E-state index in [9.17, 15) is 4.79 Å². The Labute approximate surface area is 111 Å². The molecule has 0 unspecified atom stereocenters. The molecule has 100 valence electrons. The van der Waals surface area contributed by atoms with Crippen molar-refractivity contribution < 1.29 is 4.74 Å². The monoisotopic (exact) mass is 259 g/mol. The first-order valence-corrected chi connectivity index (χ1v) is 6.26. The van der Waals surface area contributed by atoms with Gasteiger partial charge in [0, 0.05) is 18.2 Å².